The van der Waals surface area contributed by atoms with E-state index in [1.807, 2.05) is 22.0 Å². The molecule has 0 bridgehead atoms. The Labute approximate surface area is 217 Å². The quantitative estimate of drug-likeness (QED) is 0.427. The van der Waals surface area contributed by atoms with Crippen LogP contribution in [0.5, 0.6) is 5.75 Å². The highest BCUT2D eigenvalue weighted by Gasteiger charge is 2.38. The maximum absolute atomic E-state index is 14.7. The van der Waals surface area contributed by atoms with Crippen molar-refractivity contribution in [2.75, 3.05) is 33.9 Å². The second kappa shape index (κ2) is 11.4. The van der Waals surface area contributed by atoms with Gasteiger partial charge in [0.25, 0.3) is 5.91 Å². The predicted molar refractivity (Wildman–Crippen MR) is 133 cm³/mol. The molecule has 4 rings (SSSR count). The van der Waals surface area contributed by atoms with E-state index in [0.717, 1.165) is 10.9 Å². The van der Waals surface area contributed by atoms with Crippen LogP contribution in [0.25, 0.3) is 10.9 Å². The first kappa shape index (κ1) is 27.4. The van der Waals surface area contributed by atoms with Crippen molar-refractivity contribution in [2.45, 2.75) is 38.0 Å². The number of rotatable bonds is 8. The van der Waals surface area contributed by atoms with Gasteiger partial charge in [-0.2, -0.15) is 13.2 Å². The van der Waals surface area contributed by atoms with Crippen LogP contribution in [0.2, 0.25) is 0 Å². The van der Waals surface area contributed by atoms with Crippen LogP contribution in [0.15, 0.2) is 42.6 Å². The molecule has 2 aromatic carbocycles. The van der Waals surface area contributed by atoms with Crippen LogP contribution >= 0.6 is 0 Å². The number of carbonyl (C=O) groups is 2. The summed E-state index contributed by atoms with van der Waals surface area (Å²) < 4.78 is 64.8. The maximum Gasteiger partial charge on any atom is 0.471 e. The molecule has 1 aliphatic heterocycles. The van der Waals surface area contributed by atoms with Crippen molar-refractivity contribution in [1.29, 1.82) is 0 Å². The minimum absolute atomic E-state index is 0.154. The highest BCUT2D eigenvalue weighted by atomic mass is 19.4. The van der Waals surface area contributed by atoms with Gasteiger partial charge in [-0.15, -0.1) is 0 Å². The Bertz CT molecular complexity index is 1310. The zero-order valence-corrected chi connectivity index (χ0v) is 21.1. The number of ether oxygens (including phenoxy) is 2. The zero-order chi connectivity index (χ0) is 27.4. The normalized spacial score (nSPS) is 14.6. The molecule has 2 amide bonds. The van der Waals surface area contributed by atoms with E-state index in [4.69, 9.17) is 9.47 Å². The summed E-state index contributed by atoms with van der Waals surface area (Å²) >= 11 is 0. The van der Waals surface area contributed by atoms with Gasteiger partial charge < -0.3 is 24.3 Å². The lowest BCUT2D eigenvalue weighted by Gasteiger charge is -2.32. The second-order valence-electron chi connectivity index (χ2n) is 9.19. The van der Waals surface area contributed by atoms with E-state index in [0.29, 0.717) is 61.5 Å². The molecule has 7 nitrogen and oxygen atoms in total. The molecule has 3 aromatic rings. The summed E-state index contributed by atoms with van der Waals surface area (Å²) in [5.41, 5.74) is 2.11. The van der Waals surface area contributed by atoms with Crippen LogP contribution in [0.4, 0.5) is 17.6 Å². The van der Waals surface area contributed by atoms with Gasteiger partial charge in [0.2, 0.25) is 0 Å². The van der Waals surface area contributed by atoms with Crippen LogP contribution in [0, 0.1) is 5.82 Å². The lowest BCUT2D eigenvalue weighted by atomic mass is 9.88. The number of aromatic nitrogens is 1. The Balaban J connectivity index is 1.48. The summed E-state index contributed by atoms with van der Waals surface area (Å²) in [6.45, 7) is 1.45. The number of likely N-dealkylation sites (tertiary alicyclic amines) is 1. The van der Waals surface area contributed by atoms with Gasteiger partial charge in [-0.05, 0) is 48.1 Å². The molecule has 0 saturated carbocycles. The number of halogens is 4. The first-order valence-electron chi connectivity index (χ1n) is 12.2. The number of methoxy groups -OCH3 is 2. The number of hydrogen-bond donors (Lipinski definition) is 1. The summed E-state index contributed by atoms with van der Waals surface area (Å²) in [6, 6.07) is 9.62. The van der Waals surface area contributed by atoms with E-state index in [1.54, 1.807) is 31.4 Å². The standard InChI is InChI=1S/C27H29F4N3O4/c1-37-13-12-34-16-20(24-22(34)4-3-5-23(24)38-2)25(35)33-10-8-18(9-11-33)19-14-17(6-7-21(19)28)15-32-26(36)27(29,30)31/h3-7,14,16,18H,8-13,15H2,1-2H3,(H,32,36). The van der Waals surface area contributed by atoms with Crippen LogP contribution < -0.4 is 10.1 Å². The third-order valence-corrected chi connectivity index (χ3v) is 6.85. The minimum atomic E-state index is -4.98. The van der Waals surface area contributed by atoms with Crippen molar-refractivity contribution in [3.63, 3.8) is 0 Å². The molecular formula is C27H29F4N3O4. The van der Waals surface area contributed by atoms with Crippen molar-refractivity contribution in [3.8, 4) is 5.75 Å². The average molecular weight is 536 g/mol. The summed E-state index contributed by atoms with van der Waals surface area (Å²) in [5, 5.41) is 2.53. The molecule has 1 aromatic heterocycles. The molecule has 1 aliphatic rings. The van der Waals surface area contributed by atoms with Gasteiger partial charge in [0.1, 0.15) is 11.6 Å². The van der Waals surface area contributed by atoms with Crippen molar-refractivity contribution >= 4 is 22.7 Å². The third kappa shape index (κ3) is 5.77. The fraction of sp³-hybridized carbons (Fsp3) is 0.407. The number of nitrogens with one attached hydrogen (secondary N) is 1. The number of carbonyl (C=O) groups excluding carboxylic acids is 2. The topological polar surface area (TPSA) is 72.8 Å². The monoisotopic (exact) mass is 535 g/mol. The third-order valence-electron chi connectivity index (χ3n) is 6.85. The molecule has 0 aliphatic carbocycles. The van der Waals surface area contributed by atoms with Gasteiger partial charge in [-0.3, -0.25) is 9.59 Å². The average Bonchev–Trinajstić information content (AvgIpc) is 3.29. The van der Waals surface area contributed by atoms with Crippen LogP contribution in [-0.4, -0.2) is 61.4 Å². The van der Waals surface area contributed by atoms with Gasteiger partial charge in [-0.25, -0.2) is 4.39 Å². The van der Waals surface area contributed by atoms with Crippen molar-refractivity contribution in [1.82, 2.24) is 14.8 Å². The molecule has 11 heteroatoms. The summed E-state index contributed by atoms with van der Waals surface area (Å²) in [5.74, 6) is -2.29. The molecule has 1 N–H and O–H groups in total. The molecule has 0 atom stereocenters. The van der Waals surface area contributed by atoms with Crippen LogP contribution in [0.1, 0.15) is 40.2 Å². The molecule has 38 heavy (non-hydrogen) atoms. The number of nitrogens with zero attached hydrogens (tertiary/aromatic N) is 2. The van der Waals surface area contributed by atoms with Gasteiger partial charge in [-0.1, -0.05) is 18.2 Å². The zero-order valence-electron chi connectivity index (χ0n) is 21.1. The Morgan fingerprint density at radius 1 is 1.11 bits per heavy atom. The molecule has 0 radical (unpaired) electrons. The summed E-state index contributed by atoms with van der Waals surface area (Å²) in [6.07, 6.45) is -2.21. The smallest absolute Gasteiger partial charge is 0.471 e. The van der Waals surface area contributed by atoms with Crippen molar-refractivity contribution in [3.05, 3.63) is 65.1 Å². The van der Waals surface area contributed by atoms with E-state index in [-0.39, 0.29) is 18.4 Å². The van der Waals surface area contributed by atoms with Gasteiger partial charge >= 0.3 is 12.1 Å². The number of piperidine rings is 1. The Kier molecular flexibility index (Phi) is 8.25. The SMILES string of the molecule is COCCn1cc(C(=O)N2CCC(c3cc(CNC(=O)C(F)(F)F)ccc3F)CC2)c2c(OC)cccc21. The molecule has 1 fully saturated rings. The maximum atomic E-state index is 14.7. The van der Waals surface area contributed by atoms with Gasteiger partial charge in [0.15, 0.2) is 0 Å². The molecule has 0 spiro atoms. The summed E-state index contributed by atoms with van der Waals surface area (Å²) in [4.78, 5) is 26.4. The number of fused-ring (bicyclic) bond motifs is 1. The summed E-state index contributed by atoms with van der Waals surface area (Å²) in [7, 11) is 3.16. The van der Waals surface area contributed by atoms with Gasteiger partial charge in [0.05, 0.1) is 30.2 Å². The molecule has 1 saturated heterocycles. The number of benzene rings is 2. The second-order valence-corrected chi connectivity index (χ2v) is 9.19. The van der Waals surface area contributed by atoms with E-state index >= 15 is 0 Å². The molecule has 0 unspecified atom stereocenters. The molecule has 2 heterocycles. The number of amides is 2. The van der Waals surface area contributed by atoms with E-state index in [9.17, 15) is 27.2 Å². The van der Waals surface area contributed by atoms with Crippen LogP contribution in [0.3, 0.4) is 0 Å². The largest absolute Gasteiger partial charge is 0.496 e. The lowest BCUT2D eigenvalue weighted by Crippen LogP contribution is -2.38. The highest BCUT2D eigenvalue weighted by molar-refractivity contribution is 6.09. The molecule has 204 valence electrons. The Morgan fingerprint density at radius 2 is 1.84 bits per heavy atom. The van der Waals surface area contributed by atoms with Crippen molar-refractivity contribution < 1.29 is 36.6 Å². The number of alkyl halides is 3. The fourth-order valence-electron chi connectivity index (χ4n) is 4.89. The first-order chi connectivity index (χ1) is 18.1. The van der Waals surface area contributed by atoms with Gasteiger partial charge in [0, 0.05) is 39.5 Å². The van der Waals surface area contributed by atoms with Crippen LogP contribution in [-0.2, 0) is 22.6 Å². The van der Waals surface area contributed by atoms with E-state index < -0.39 is 17.9 Å². The fourth-order valence-corrected chi connectivity index (χ4v) is 4.89. The first-order valence-corrected chi connectivity index (χ1v) is 12.2. The number of hydrogen-bond acceptors (Lipinski definition) is 4. The Hall–Kier alpha value is -3.60. The van der Waals surface area contributed by atoms with E-state index in [1.165, 1.54) is 18.2 Å². The molecular weight excluding hydrogens is 506 g/mol. The van der Waals surface area contributed by atoms with Crippen molar-refractivity contribution in [2.24, 2.45) is 0 Å². The lowest BCUT2D eigenvalue weighted by molar-refractivity contribution is -0.173. The highest BCUT2D eigenvalue weighted by Crippen LogP contribution is 2.34. The van der Waals surface area contributed by atoms with E-state index in [2.05, 4.69) is 0 Å². The predicted octanol–water partition coefficient (Wildman–Crippen LogP) is 4.63. The minimum Gasteiger partial charge on any atom is -0.496 e. The Morgan fingerprint density at radius 3 is 2.50 bits per heavy atom.